The van der Waals surface area contributed by atoms with E-state index in [2.05, 4.69) is 21.9 Å². The quantitative estimate of drug-likeness (QED) is 0.571. The first-order valence-corrected chi connectivity index (χ1v) is 9.61. The van der Waals surface area contributed by atoms with Crippen LogP contribution in [0.3, 0.4) is 0 Å². The number of aromatic amines is 1. The Hall–Kier alpha value is -3.08. The molecule has 0 radical (unpaired) electrons. The maximum atomic E-state index is 12.8. The number of ether oxygens (including phenoxy) is 1. The van der Waals surface area contributed by atoms with E-state index in [9.17, 15) is 9.59 Å². The van der Waals surface area contributed by atoms with Crippen molar-refractivity contribution in [2.45, 2.75) is 32.2 Å². The molecule has 1 N–H and O–H groups in total. The van der Waals surface area contributed by atoms with E-state index in [-0.39, 0.29) is 18.3 Å². The Kier molecular flexibility index (Phi) is 6.84. The highest BCUT2D eigenvalue weighted by Crippen LogP contribution is 2.19. The first-order valence-electron chi connectivity index (χ1n) is 9.61. The van der Waals surface area contributed by atoms with Crippen LogP contribution < -0.4 is 0 Å². The second kappa shape index (κ2) is 9.74. The number of benzene rings is 2. The molecule has 0 saturated heterocycles. The third-order valence-corrected chi connectivity index (χ3v) is 4.89. The number of nitrogens with zero attached hydrogens (tertiary/aromatic N) is 1. The molecule has 3 rings (SSSR count). The van der Waals surface area contributed by atoms with Crippen LogP contribution in [0, 0.1) is 0 Å². The zero-order valence-corrected chi connectivity index (χ0v) is 16.2. The van der Waals surface area contributed by atoms with Gasteiger partial charge in [-0.05, 0) is 30.0 Å². The van der Waals surface area contributed by atoms with E-state index in [4.69, 9.17) is 0 Å². The number of hydrogen-bond donors (Lipinski definition) is 1. The number of carbonyl (C=O) groups is 2. The predicted octanol–water partition coefficient (Wildman–Crippen LogP) is 4.08. The second-order valence-electron chi connectivity index (χ2n) is 6.84. The summed E-state index contributed by atoms with van der Waals surface area (Å²) in [6, 6.07) is 18.2. The zero-order chi connectivity index (χ0) is 19.8. The van der Waals surface area contributed by atoms with E-state index < -0.39 is 0 Å². The van der Waals surface area contributed by atoms with E-state index in [1.807, 2.05) is 53.6 Å². The summed E-state index contributed by atoms with van der Waals surface area (Å²) in [5.41, 5.74) is 3.41. The molecule has 0 aliphatic rings. The van der Waals surface area contributed by atoms with E-state index in [1.54, 1.807) is 0 Å². The number of nitrogens with one attached hydrogen (secondary N) is 1. The molecule has 0 fully saturated rings. The molecular weight excluding hydrogens is 352 g/mol. The number of carbonyl (C=O) groups excluding carboxylic acids is 2. The van der Waals surface area contributed by atoms with Gasteiger partial charge in [-0.25, -0.2) is 0 Å². The van der Waals surface area contributed by atoms with Crippen LogP contribution in [-0.4, -0.2) is 35.4 Å². The van der Waals surface area contributed by atoms with Gasteiger partial charge in [0.05, 0.1) is 7.11 Å². The number of amides is 1. The minimum Gasteiger partial charge on any atom is -0.469 e. The monoisotopic (exact) mass is 378 g/mol. The molecule has 2 aromatic carbocycles. The van der Waals surface area contributed by atoms with Crippen LogP contribution in [0.5, 0.6) is 0 Å². The van der Waals surface area contributed by atoms with E-state index in [0.717, 1.165) is 17.5 Å². The maximum absolute atomic E-state index is 12.8. The molecule has 1 aromatic heterocycles. The third-order valence-electron chi connectivity index (χ3n) is 4.89. The Labute approximate surface area is 165 Å². The number of rotatable bonds is 9. The molecule has 5 heteroatoms. The summed E-state index contributed by atoms with van der Waals surface area (Å²) in [6.07, 6.45) is 3.91. The molecule has 5 nitrogen and oxygen atoms in total. The van der Waals surface area contributed by atoms with Crippen LogP contribution in [0.4, 0.5) is 0 Å². The van der Waals surface area contributed by atoms with Gasteiger partial charge in [-0.1, -0.05) is 48.5 Å². The average Bonchev–Trinajstić information content (AvgIpc) is 3.14. The highest BCUT2D eigenvalue weighted by molar-refractivity contribution is 5.83. The van der Waals surface area contributed by atoms with Crippen LogP contribution in [0.1, 0.15) is 30.4 Å². The number of hydrogen-bond acceptors (Lipinski definition) is 3. The number of para-hydroxylation sites is 1. The van der Waals surface area contributed by atoms with Gasteiger partial charge in [-0.15, -0.1) is 0 Å². The van der Waals surface area contributed by atoms with Gasteiger partial charge in [0.25, 0.3) is 0 Å². The Morgan fingerprint density at radius 3 is 2.54 bits per heavy atom. The molecule has 0 saturated carbocycles. The highest BCUT2D eigenvalue weighted by Gasteiger charge is 2.15. The van der Waals surface area contributed by atoms with E-state index in [0.29, 0.717) is 25.9 Å². The summed E-state index contributed by atoms with van der Waals surface area (Å²) in [6.45, 7) is 1.20. The van der Waals surface area contributed by atoms with Crippen LogP contribution in [0.25, 0.3) is 10.9 Å². The second-order valence-corrected chi connectivity index (χ2v) is 6.84. The van der Waals surface area contributed by atoms with Gasteiger partial charge in [-0.3, -0.25) is 9.59 Å². The minimum absolute atomic E-state index is 0.0626. The van der Waals surface area contributed by atoms with Crippen molar-refractivity contribution in [3.8, 4) is 0 Å². The fourth-order valence-electron chi connectivity index (χ4n) is 3.33. The lowest BCUT2D eigenvalue weighted by Crippen LogP contribution is -2.32. The highest BCUT2D eigenvalue weighted by atomic mass is 16.5. The molecule has 0 unspecified atom stereocenters. The summed E-state index contributed by atoms with van der Waals surface area (Å²) in [5, 5.41) is 1.19. The van der Waals surface area contributed by atoms with E-state index in [1.165, 1.54) is 18.1 Å². The predicted molar refractivity (Wildman–Crippen MR) is 110 cm³/mol. The Balaban J connectivity index is 1.66. The fraction of sp³-hybridized carbons (Fsp3) is 0.304. The van der Waals surface area contributed by atoms with Gasteiger partial charge in [0.2, 0.25) is 5.91 Å². The Morgan fingerprint density at radius 1 is 1.00 bits per heavy atom. The molecule has 1 heterocycles. The number of esters is 1. The zero-order valence-electron chi connectivity index (χ0n) is 16.2. The number of methoxy groups -OCH3 is 1. The molecule has 1 amide bonds. The topological polar surface area (TPSA) is 62.4 Å². The summed E-state index contributed by atoms with van der Waals surface area (Å²) < 4.78 is 4.66. The molecular formula is C23H26N2O3. The van der Waals surface area contributed by atoms with Crippen LogP contribution in [0.15, 0.2) is 60.8 Å². The van der Waals surface area contributed by atoms with Crippen LogP contribution in [0.2, 0.25) is 0 Å². The molecule has 146 valence electrons. The van der Waals surface area contributed by atoms with Gasteiger partial charge in [-0.2, -0.15) is 0 Å². The number of H-pyrrole nitrogens is 1. The first kappa shape index (κ1) is 19.7. The molecule has 3 aromatic rings. The maximum Gasteiger partial charge on any atom is 0.305 e. The van der Waals surface area contributed by atoms with Crippen LogP contribution in [-0.2, 0) is 27.3 Å². The van der Waals surface area contributed by atoms with Crippen molar-refractivity contribution in [1.82, 2.24) is 9.88 Å². The van der Waals surface area contributed by atoms with Crippen molar-refractivity contribution in [2.75, 3.05) is 13.7 Å². The lowest BCUT2D eigenvalue weighted by Gasteiger charge is -2.23. The Bertz CT molecular complexity index is 918. The van der Waals surface area contributed by atoms with Gasteiger partial charge in [0, 0.05) is 43.0 Å². The fourth-order valence-corrected chi connectivity index (χ4v) is 3.33. The van der Waals surface area contributed by atoms with E-state index >= 15 is 0 Å². The van der Waals surface area contributed by atoms with Crippen molar-refractivity contribution >= 4 is 22.8 Å². The third kappa shape index (κ3) is 5.22. The smallest absolute Gasteiger partial charge is 0.305 e. The molecule has 0 aliphatic heterocycles. The average molecular weight is 378 g/mol. The van der Waals surface area contributed by atoms with Gasteiger partial charge in [0.1, 0.15) is 0 Å². The standard InChI is InChI=1S/C23H26N2O3/c1-28-23(27)13-7-12-22(26)25(17-18-8-3-2-4-9-18)15-14-19-16-24-21-11-6-5-10-20(19)21/h2-6,8-11,16,24H,7,12-15,17H2,1H3. The molecule has 0 bridgehead atoms. The Morgan fingerprint density at radius 2 is 1.75 bits per heavy atom. The van der Waals surface area contributed by atoms with Crippen LogP contribution >= 0.6 is 0 Å². The van der Waals surface area contributed by atoms with Crippen molar-refractivity contribution in [2.24, 2.45) is 0 Å². The number of aromatic nitrogens is 1. The van der Waals surface area contributed by atoms with Crippen molar-refractivity contribution in [3.63, 3.8) is 0 Å². The molecule has 28 heavy (non-hydrogen) atoms. The number of fused-ring (bicyclic) bond motifs is 1. The summed E-state index contributed by atoms with van der Waals surface area (Å²) in [5.74, 6) is -0.214. The van der Waals surface area contributed by atoms with Gasteiger partial charge >= 0.3 is 5.97 Å². The first-order chi connectivity index (χ1) is 13.7. The summed E-state index contributed by atoms with van der Waals surface area (Å²) >= 11 is 0. The molecule has 0 atom stereocenters. The normalized spacial score (nSPS) is 10.8. The SMILES string of the molecule is COC(=O)CCCC(=O)N(CCc1c[nH]c2ccccc12)Cc1ccccc1. The summed E-state index contributed by atoms with van der Waals surface area (Å²) in [7, 11) is 1.37. The summed E-state index contributed by atoms with van der Waals surface area (Å²) in [4.78, 5) is 29.3. The van der Waals surface area contributed by atoms with Crippen molar-refractivity contribution < 1.29 is 14.3 Å². The minimum atomic E-state index is -0.277. The lowest BCUT2D eigenvalue weighted by atomic mass is 10.1. The van der Waals surface area contributed by atoms with Crippen molar-refractivity contribution in [1.29, 1.82) is 0 Å². The molecule has 0 spiro atoms. The van der Waals surface area contributed by atoms with Gasteiger partial charge in [0.15, 0.2) is 0 Å². The van der Waals surface area contributed by atoms with Crippen molar-refractivity contribution in [3.05, 3.63) is 71.9 Å². The largest absolute Gasteiger partial charge is 0.469 e. The molecule has 0 aliphatic carbocycles. The van der Waals surface area contributed by atoms with Gasteiger partial charge < -0.3 is 14.6 Å². The lowest BCUT2D eigenvalue weighted by molar-refractivity contribution is -0.140.